The second-order valence-electron chi connectivity index (χ2n) is 7.26. The van der Waals surface area contributed by atoms with Gasteiger partial charge in [0.05, 0.1) is 5.56 Å². The average Bonchev–Trinajstić information content (AvgIpc) is 2.69. The first-order valence-corrected chi connectivity index (χ1v) is 9.68. The summed E-state index contributed by atoms with van der Waals surface area (Å²) in [7, 11) is 0. The fourth-order valence-electron chi connectivity index (χ4n) is 3.62. The molecule has 2 aromatic rings. The molecule has 1 aliphatic carbocycles. The second kappa shape index (κ2) is 9.08. The molecular weight excluding hydrogens is 347 g/mol. The van der Waals surface area contributed by atoms with Crippen LogP contribution < -0.4 is 0 Å². The van der Waals surface area contributed by atoms with E-state index in [0.29, 0.717) is 5.92 Å². The SMILES string of the molecule is CCCCc1ccc([C@H]2CC[C@H](C#Cc3cc(F)c(F)nc3F)CC2)cc1. The first kappa shape index (κ1) is 19.5. The number of hydrogen-bond donors (Lipinski definition) is 0. The van der Waals surface area contributed by atoms with Gasteiger partial charge >= 0.3 is 0 Å². The Kier molecular flexibility index (Phi) is 6.55. The molecule has 1 saturated carbocycles. The Hall–Kier alpha value is -2.28. The van der Waals surface area contributed by atoms with E-state index in [1.807, 2.05) is 0 Å². The normalized spacial score (nSPS) is 19.4. The number of nitrogens with zero attached hydrogens (tertiary/aromatic N) is 1. The predicted molar refractivity (Wildman–Crippen MR) is 101 cm³/mol. The van der Waals surface area contributed by atoms with Crippen molar-refractivity contribution >= 4 is 0 Å². The van der Waals surface area contributed by atoms with Crippen LogP contribution in [0.2, 0.25) is 0 Å². The highest BCUT2D eigenvalue weighted by Gasteiger charge is 2.21. The molecule has 0 N–H and O–H groups in total. The first-order chi connectivity index (χ1) is 13.1. The summed E-state index contributed by atoms with van der Waals surface area (Å²) in [4.78, 5) is 2.90. The van der Waals surface area contributed by atoms with E-state index in [9.17, 15) is 13.2 Å². The van der Waals surface area contributed by atoms with Gasteiger partial charge in [0.15, 0.2) is 5.82 Å². The summed E-state index contributed by atoms with van der Waals surface area (Å²) in [6.45, 7) is 2.20. The van der Waals surface area contributed by atoms with Gasteiger partial charge in [-0.3, -0.25) is 0 Å². The van der Waals surface area contributed by atoms with Crippen LogP contribution >= 0.6 is 0 Å². The van der Waals surface area contributed by atoms with Gasteiger partial charge in [0.1, 0.15) is 0 Å². The fourth-order valence-corrected chi connectivity index (χ4v) is 3.62. The molecule has 142 valence electrons. The summed E-state index contributed by atoms with van der Waals surface area (Å²) in [5, 5.41) is 0. The van der Waals surface area contributed by atoms with E-state index in [2.05, 4.69) is 48.0 Å². The smallest absolute Gasteiger partial charge is 0.202 e. The van der Waals surface area contributed by atoms with Gasteiger partial charge in [-0.15, -0.1) is 0 Å². The molecule has 1 nitrogen and oxygen atoms in total. The number of aromatic nitrogens is 1. The third-order valence-corrected chi connectivity index (χ3v) is 5.29. The van der Waals surface area contributed by atoms with Crippen molar-refractivity contribution in [3.63, 3.8) is 0 Å². The second-order valence-corrected chi connectivity index (χ2v) is 7.26. The third kappa shape index (κ3) is 5.13. The molecule has 0 atom stereocenters. The highest BCUT2D eigenvalue weighted by atomic mass is 19.2. The van der Waals surface area contributed by atoms with Crippen molar-refractivity contribution in [2.75, 3.05) is 0 Å². The van der Waals surface area contributed by atoms with Crippen LogP contribution in [0.5, 0.6) is 0 Å². The summed E-state index contributed by atoms with van der Waals surface area (Å²) in [5.74, 6) is 2.67. The van der Waals surface area contributed by atoms with Crippen LogP contribution in [0.4, 0.5) is 13.2 Å². The van der Waals surface area contributed by atoms with Crippen LogP contribution in [0.3, 0.4) is 0 Å². The minimum atomic E-state index is -1.43. The van der Waals surface area contributed by atoms with E-state index in [-0.39, 0.29) is 11.5 Å². The van der Waals surface area contributed by atoms with Gasteiger partial charge in [-0.1, -0.05) is 49.5 Å². The summed E-state index contributed by atoms with van der Waals surface area (Å²) in [6, 6.07) is 9.72. The number of halogens is 3. The molecule has 0 radical (unpaired) electrons. The topological polar surface area (TPSA) is 12.9 Å². The molecule has 1 aliphatic rings. The number of pyridine rings is 1. The maximum Gasteiger partial charge on any atom is 0.251 e. The largest absolute Gasteiger partial charge is 0.251 e. The van der Waals surface area contributed by atoms with Gasteiger partial charge in [-0.2, -0.15) is 13.8 Å². The van der Waals surface area contributed by atoms with Gasteiger partial charge in [0.25, 0.3) is 5.95 Å². The van der Waals surface area contributed by atoms with E-state index >= 15 is 0 Å². The molecule has 1 aromatic heterocycles. The van der Waals surface area contributed by atoms with Crippen molar-refractivity contribution in [1.29, 1.82) is 0 Å². The van der Waals surface area contributed by atoms with Gasteiger partial charge in [0, 0.05) is 5.92 Å². The summed E-state index contributed by atoms with van der Waals surface area (Å²) in [5.41, 5.74) is 2.58. The molecular formula is C23H24F3N. The lowest BCUT2D eigenvalue weighted by Gasteiger charge is -2.26. The van der Waals surface area contributed by atoms with E-state index < -0.39 is 17.7 Å². The Morgan fingerprint density at radius 1 is 1.00 bits per heavy atom. The standard InChI is InChI=1S/C23H24F3N/c1-2-3-4-16-5-10-18(11-6-16)19-12-7-17(8-13-19)9-14-20-15-21(24)23(26)27-22(20)25/h5-6,10-11,15,17,19H,2-4,7-8,12-13H2,1H3/t17-,19-. The lowest BCUT2D eigenvalue weighted by molar-refractivity contribution is 0.384. The van der Waals surface area contributed by atoms with Gasteiger partial charge < -0.3 is 0 Å². The molecule has 4 heteroatoms. The zero-order valence-electron chi connectivity index (χ0n) is 15.6. The minimum Gasteiger partial charge on any atom is -0.202 e. The van der Waals surface area contributed by atoms with Crippen LogP contribution in [0.25, 0.3) is 0 Å². The minimum absolute atomic E-state index is 0.151. The molecule has 0 amide bonds. The Morgan fingerprint density at radius 2 is 1.70 bits per heavy atom. The molecule has 1 fully saturated rings. The molecule has 0 spiro atoms. The van der Waals surface area contributed by atoms with Gasteiger partial charge in [-0.25, -0.2) is 4.39 Å². The zero-order valence-corrected chi connectivity index (χ0v) is 15.6. The summed E-state index contributed by atoms with van der Waals surface area (Å²) < 4.78 is 39.6. The molecule has 0 bridgehead atoms. The molecule has 3 rings (SSSR count). The lowest BCUT2D eigenvalue weighted by atomic mass is 9.78. The van der Waals surface area contributed by atoms with Crippen LogP contribution in [-0.2, 0) is 6.42 Å². The lowest BCUT2D eigenvalue weighted by Crippen LogP contribution is -2.12. The molecule has 1 aromatic carbocycles. The Morgan fingerprint density at radius 3 is 2.37 bits per heavy atom. The third-order valence-electron chi connectivity index (χ3n) is 5.29. The van der Waals surface area contributed by atoms with E-state index in [4.69, 9.17) is 0 Å². The number of hydrogen-bond acceptors (Lipinski definition) is 1. The molecule has 27 heavy (non-hydrogen) atoms. The van der Waals surface area contributed by atoms with Crippen LogP contribution in [-0.4, -0.2) is 4.98 Å². The Bertz CT molecular complexity index is 825. The van der Waals surface area contributed by atoms with Crippen LogP contribution in [0, 0.1) is 35.5 Å². The summed E-state index contributed by atoms with van der Waals surface area (Å²) in [6.07, 6.45) is 7.48. The monoisotopic (exact) mass is 371 g/mol. The number of benzene rings is 1. The van der Waals surface area contributed by atoms with Crippen molar-refractivity contribution < 1.29 is 13.2 Å². The maximum absolute atomic E-state index is 13.6. The zero-order chi connectivity index (χ0) is 19.2. The van der Waals surface area contributed by atoms with Crippen molar-refractivity contribution in [3.8, 4) is 11.8 Å². The van der Waals surface area contributed by atoms with Gasteiger partial charge in [-0.05, 0) is 61.6 Å². The Balaban J connectivity index is 1.57. The first-order valence-electron chi connectivity index (χ1n) is 9.68. The van der Waals surface area contributed by atoms with E-state index in [1.165, 1.54) is 24.0 Å². The van der Waals surface area contributed by atoms with Crippen LogP contribution in [0.1, 0.15) is 68.1 Å². The van der Waals surface area contributed by atoms with Crippen molar-refractivity contribution in [2.24, 2.45) is 5.92 Å². The molecule has 0 saturated heterocycles. The fraction of sp³-hybridized carbons (Fsp3) is 0.435. The maximum atomic E-state index is 13.6. The summed E-state index contributed by atoms with van der Waals surface area (Å²) >= 11 is 0. The number of aryl methyl sites for hydroxylation is 1. The van der Waals surface area contributed by atoms with Crippen molar-refractivity contribution in [1.82, 2.24) is 4.98 Å². The molecule has 0 aliphatic heterocycles. The predicted octanol–water partition coefficient (Wildman–Crippen LogP) is 6.17. The number of rotatable bonds is 4. The van der Waals surface area contributed by atoms with Crippen LogP contribution in [0.15, 0.2) is 30.3 Å². The Labute approximate surface area is 159 Å². The highest BCUT2D eigenvalue weighted by Crippen LogP contribution is 2.35. The highest BCUT2D eigenvalue weighted by molar-refractivity contribution is 5.34. The molecule has 1 heterocycles. The average molecular weight is 371 g/mol. The quantitative estimate of drug-likeness (QED) is 0.463. The van der Waals surface area contributed by atoms with E-state index in [1.54, 1.807) is 0 Å². The van der Waals surface area contributed by atoms with Gasteiger partial charge in [0.2, 0.25) is 5.95 Å². The van der Waals surface area contributed by atoms with Crippen molar-refractivity contribution in [2.45, 2.75) is 57.8 Å². The van der Waals surface area contributed by atoms with Crippen molar-refractivity contribution in [3.05, 3.63) is 64.7 Å². The van der Waals surface area contributed by atoms with E-state index in [0.717, 1.165) is 38.2 Å². The number of unbranched alkanes of at least 4 members (excludes halogenated alkanes) is 1. The molecule has 0 unspecified atom stereocenters.